The summed E-state index contributed by atoms with van der Waals surface area (Å²) in [5.41, 5.74) is 7.08. The van der Waals surface area contributed by atoms with Gasteiger partial charge in [0.05, 0.1) is 0 Å². The molecule has 5 rings (SSSR count). The molecule has 196 valence electrons. The number of nitrogens with zero attached hydrogens (tertiary/aromatic N) is 3. The van der Waals surface area contributed by atoms with Gasteiger partial charge in [0.25, 0.3) is 11.8 Å². The highest BCUT2D eigenvalue weighted by Crippen LogP contribution is 2.41. The van der Waals surface area contributed by atoms with E-state index in [-0.39, 0.29) is 28.0 Å². The third kappa shape index (κ3) is 4.97. The monoisotopic (exact) mass is 559 g/mol. The van der Waals surface area contributed by atoms with Crippen molar-refractivity contribution in [2.24, 2.45) is 5.16 Å². The number of nitrogens with two attached hydrogens (primary N) is 1. The number of thiazole rings is 1. The smallest absolute Gasteiger partial charge is 0.357 e. The van der Waals surface area contributed by atoms with Crippen molar-refractivity contribution in [3.63, 3.8) is 0 Å². The number of esters is 1. The average molecular weight is 560 g/mol. The third-order valence-corrected chi connectivity index (χ3v) is 8.09. The van der Waals surface area contributed by atoms with Crippen LogP contribution in [0.1, 0.15) is 22.9 Å². The second-order valence-electron chi connectivity index (χ2n) is 8.46. The zero-order valence-electron chi connectivity index (χ0n) is 20.2. The minimum Gasteiger partial charge on any atom is -0.448 e. The van der Waals surface area contributed by atoms with Crippen molar-refractivity contribution in [2.75, 3.05) is 11.5 Å². The molecule has 3 heterocycles. The summed E-state index contributed by atoms with van der Waals surface area (Å²) in [6, 6.07) is 17.5. The number of β-lactam (4-membered cyclic amide) rings is 1. The maximum atomic E-state index is 13.6. The van der Waals surface area contributed by atoms with Crippen LogP contribution in [0, 0.1) is 12.3 Å². The number of ether oxygens (including phenoxy) is 1. The number of carbonyl (C=O) groups is 3. The van der Waals surface area contributed by atoms with Crippen molar-refractivity contribution in [2.45, 2.75) is 17.5 Å². The fraction of sp³-hybridized carbons (Fsp3) is 0.148. The molecule has 1 fully saturated rings. The molecule has 10 nitrogen and oxygen atoms in total. The second kappa shape index (κ2) is 11.0. The number of benzene rings is 2. The minimum absolute atomic E-state index is 0.0306. The van der Waals surface area contributed by atoms with E-state index < -0.39 is 35.3 Å². The van der Waals surface area contributed by atoms with Crippen LogP contribution < -0.4 is 11.1 Å². The molecule has 0 bridgehead atoms. The molecule has 12 heteroatoms. The van der Waals surface area contributed by atoms with Crippen molar-refractivity contribution in [1.82, 2.24) is 15.2 Å². The van der Waals surface area contributed by atoms with Gasteiger partial charge in [-0.2, -0.15) is 0 Å². The molecule has 2 aliphatic rings. The number of rotatable bonds is 7. The molecule has 4 N–H and O–H groups in total. The van der Waals surface area contributed by atoms with E-state index in [4.69, 9.17) is 16.9 Å². The molecule has 2 atom stereocenters. The lowest BCUT2D eigenvalue weighted by Gasteiger charge is -2.49. The van der Waals surface area contributed by atoms with Crippen molar-refractivity contribution in [1.29, 1.82) is 0 Å². The van der Waals surface area contributed by atoms with Crippen molar-refractivity contribution >= 4 is 51.7 Å². The van der Waals surface area contributed by atoms with Gasteiger partial charge in [0, 0.05) is 16.7 Å². The predicted octanol–water partition coefficient (Wildman–Crippen LogP) is 2.52. The van der Waals surface area contributed by atoms with E-state index in [0.29, 0.717) is 5.57 Å². The number of hydrogen-bond acceptors (Lipinski definition) is 10. The number of nitrogen functional groups attached to an aromatic ring is 1. The van der Waals surface area contributed by atoms with Crippen LogP contribution >= 0.6 is 23.1 Å². The van der Waals surface area contributed by atoms with Crippen LogP contribution in [-0.2, 0) is 19.1 Å². The van der Waals surface area contributed by atoms with E-state index in [0.717, 1.165) is 22.5 Å². The van der Waals surface area contributed by atoms with Gasteiger partial charge in [-0.15, -0.1) is 29.5 Å². The summed E-state index contributed by atoms with van der Waals surface area (Å²) in [6.45, 7) is 0. The molecule has 1 saturated heterocycles. The number of fused-ring (bicyclic) bond motifs is 1. The number of thioether (sulfide) groups is 1. The Bertz CT molecular complexity index is 1490. The van der Waals surface area contributed by atoms with Crippen LogP contribution in [0.2, 0.25) is 0 Å². The third-order valence-electron chi connectivity index (χ3n) is 6.13. The zero-order valence-corrected chi connectivity index (χ0v) is 21.8. The summed E-state index contributed by atoms with van der Waals surface area (Å²) in [5, 5.41) is 16.0. The van der Waals surface area contributed by atoms with Gasteiger partial charge in [-0.3, -0.25) is 14.5 Å². The largest absolute Gasteiger partial charge is 0.448 e. The average Bonchev–Trinajstić information content (AvgIpc) is 3.40. The summed E-state index contributed by atoms with van der Waals surface area (Å²) in [7, 11) is 0. The molecule has 2 amide bonds. The Labute approximate surface area is 231 Å². The molecular weight excluding hydrogens is 538 g/mol. The van der Waals surface area contributed by atoms with Gasteiger partial charge in [0.15, 0.2) is 16.9 Å². The lowest BCUT2D eigenvalue weighted by atomic mass is 10.0. The maximum Gasteiger partial charge on any atom is 0.357 e. The van der Waals surface area contributed by atoms with E-state index in [2.05, 4.69) is 21.4 Å². The van der Waals surface area contributed by atoms with Gasteiger partial charge >= 0.3 is 5.97 Å². The molecule has 39 heavy (non-hydrogen) atoms. The Morgan fingerprint density at radius 3 is 2.36 bits per heavy atom. The molecule has 0 unspecified atom stereocenters. The fourth-order valence-electron chi connectivity index (χ4n) is 4.29. The first kappa shape index (κ1) is 26.0. The maximum absolute atomic E-state index is 13.6. The molecule has 0 spiro atoms. The molecular formula is C27H21N5O5S2. The van der Waals surface area contributed by atoms with Gasteiger partial charge < -0.3 is 21.0 Å². The van der Waals surface area contributed by atoms with Gasteiger partial charge in [0.2, 0.25) is 0 Å². The molecule has 1 aromatic heterocycles. The zero-order chi connectivity index (χ0) is 27.5. The van der Waals surface area contributed by atoms with Crippen molar-refractivity contribution < 1.29 is 24.3 Å². The summed E-state index contributed by atoms with van der Waals surface area (Å²) >= 11 is 2.37. The van der Waals surface area contributed by atoms with E-state index >= 15 is 0 Å². The Kier molecular flexibility index (Phi) is 7.36. The number of oxime groups is 1. The number of hydrogen-bond donors (Lipinski definition) is 3. The van der Waals surface area contributed by atoms with Crippen LogP contribution in [-0.4, -0.2) is 55.8 Å². The SMILES string of the molecule is C#CC1=C(C(=O)OC(c2ccccc2)c2ccccc2)N2C(=O)[C@@H](NC(=O)/C(=N/O)c3csc(N)n3)[C@H]2SC1. The second-order valence-corrected chi connectivity index (χ2v) is 10.5. The Morgan fingerprint density at radius 2 is 1.82 bits per heavy atom. The number of aromatic nitrogens is 1. The highest BCUT2D eigenvalue weighted by molar-refractivity contribution is 8.00. The Hall–Kier alpha value is -4.60. The van der Waals surface area contributed by atoms with Crippen LogP contribution in [0.25, 0.3) is 0 Å². The first-order valence-corrected chi connectivity index (χ1v) is 13.6. The molecule has 0 aliphatic carbocycles. The minimum atomic E-state index is -0.989. The van der Waals surface area contributed by atoms with E-state index in [1.807, 2.05) is 60.7 Å². The number of amides is 2. The molecule has 3 aromatic rings. The van der Waals surface area contributed by atoms with E-state index in [1.54, 1.807) is 0 Å². The van der Waals surface area contributed by atoms with E-state index in [9.17, 15) is 19.6 Å². The molecule has 0 radical (unpaired) electrons. The van der Waals surface area contributed by atoms with Gasteiger partial charge in [0.1, 0.15) is 22.8 Å². The van der Waals surface area contributed by atoms with Crippen LogP contribution in [0.5, 0.6) is 0 Å². The highest BCUT2D eigenvalue weighted by atomic mass is 32.2. The van der Waals surface area contributed by atoms with E-state index in [1.165, 1.54) is 22.0 Å². The quantitative estimate of drug-likeness (QED) is 0.0999. The molecule has 0 saturated carbocycles. The van der Waals surface area contributed by atoms with Crippen LogP contribution in [0.15, 0.2) is 82.5 Å². The Balaban J connectivity index is 1.38. The summed E-state index contributed by atoms with van der Waals surface area (Å²) in [4.78, 5) is 44.8. The topological polar surface area (TPSA) is 147 Å². The standard InChI is InChI=1S/C27H21N5O5S2/c1-2-15-13-38-25-20(30-23(33)19(31-36)18-14-39-27(28)29-18)24(34)32(25)21(15)26(35)37-22(16-9-5-3-6-10-16)17-11-7-4-8-12-17/h1,3-12,14,20,22,25,36H,13H2,(H2,28,29)(H,30,33)/b31-19+/t20-,25-/m1/s1. The predicted molar refractivity (Wildman–Crippen MR) is 147 cm³/mol. The van der Waals surface area contributed by atoms with Crippen molar-refractivity contribution in [3.05, 3.63) is 94.1 Å². The van der Waals surface area contributed by atoms with Gasteiger partial charge in [-0.05, 0) is 11.1 Å². The number of terminal acetylenes is 1. The normalized spacial score (nSPS) is 18.7. The lowest BCUT2D eigenvalue weighted by Crippen LogP contribution is -2.71. The van der Waals surface area contributed by atoms with Crippen LogP contribution in [0.4, 0.5) is 5.13 Å². The highest BCUT2D eigenvalue weighted by Gasteiger charge is 2.55. The van der Waals surface area contributed by atoms with Gasteiger partial charge in [-0.1, -0.05) is 71.7 Å². The first-order valence-electron chi connectivity index (χ1n) is 11.6. The number of carbonyl (C=O) groups excluding carboxylic acids is 3. The first-order chi connectivity index (χ1) is 18.9. The Morgan fingerprint density at radius 1 is 1.18 bits per heavy atom. The van der Waals surface area contributed by atoms with Crippen LogP contribution in [0.3, 0.4) is 0 Å². The lowest BCUT2D eigenvalue weighted by molar-refractivity contribution is -0.154. The molecule has 2 aromatic carbocycles. The summed E-state index contributed by atoms with van der Waals surface area (Å²) < 4.78 is 5.97. The van der Waals surface area contributed by atoms with Crippen molar-refractivity contribution in [3.8, 4) is 12.3 Å². The van der Waals surface area contributed by atoms with Gasteiger partial charge in [-0.25, -0.2) is 9.78 Å². The molecule has 2 aliphatic heterocycles. The number of nitrogens with one attached hydrogen (secondary N) is 1. The summed E-state index contributed by atoms with van der Waals surface area (Å²) in [6.07, 6.45) is 4.97. The fourth-order valence-corrected chi connectivity index (χ4v) is 6.13. The summed E-state index contributed by atoms with van der Waals surface area (Å²) in [5.74, 6) is 0.648. The number of anilines is 1.